The Hall–Kier alpha value is -3.47. The Morgan fingerprint density at radius 3 is 2.38 bits per heavy atom. The molecule has 0 spiro atoms. The molecule has 32 heavy (non-hydrogen) atoms. The number of likely N-dealkylation sites (tertiary alicyclic amines) is 1. The predicted molar refractivity (Wildman–Crippen MR) is 112 cm³/mol. The third-order valence-corrected chi connectivity index (χ3v) is 5.20. The number of hydrogen-bond acceptors (Lipinski definition) is 6. The molecule has 11 nitrogen and oxygen atoms in total. The van der Waals surface area contributed by atoms with Crippen LogP contribution >= 0.6 is 0 Å². The van der Waals surface area contributed by atoms with Gasteiger partial charge in [-0.1, -0.05) is 30.3 Å². The van der Waals surface area contributed by atoms with E-state index in [-0.39, 0.29) is 13.0 Å². The number of carbonyl (C=O) groups is 5. The molecule has 0 radical (unpaired) electrons. The van der Waals surface area contributed by atoms with E-state index < -0.39 is 60.2 Å². The van der Waals surface area contributed by atoms with Gasteiger partial charge in [-0.05, 0) is 25.3 Å². The van der Waals surface area contributed by atoms with Gasteiger partial charge in [0.1, 0.15) is 18.1 Å². The topological polar surface area (TPSA) is 179 Å². The highest BCUT2D eigenvalue weighted by atomic mass is 16.4. The summed E-state index contributed by atoms with van der Waals surface area (Å²) in [5.74, 6) is -4.34. The molecule has 11 heteroatoms. The first-order valence-electron chi connectivity index (χ1n) is 10.3. The van der Waals surface area contributed by atoms with Gasteiger partial charge in [0.2, 0.25) is 17.7 Å². The first kappa shape index (κ1) is 24.8. The van der Waals surface area contributed by atoms with E-state index in [4.69, 9.17) is 15.9 Å². The molecule has 0 aromatic heterocycles. The van der Waals surface area contributed by atoms with E-state index in [1.54, 1.807) is 30.3 Å². The van der Waals surface area contributed by atoms with E-state index in [1.165, 1.54) is 11.8 Å². The Morgan fingerprint density at radius 1 is 1.12 bits per heavy atom. The summed E-state index contributed by atoms with van der Waals surface area (Å²) in [7, 11) is 0. The quantitative estimate of drug-likeness (QED) is 0.305. The van der Waals surface area contributed by atoms with Gasteiger partial charge in [0.25, 0.3) is 0 Å². The van der Waals surface area contributed by atoms with Crippen LogP contribution in [-0.4, -0.2) is 75.5 Å². The average Bonchev–Trinajstić information content (AvgIpc) is 3.22. The van der Waals surface area contributed by atoms with Crippen molar-refractivity contribution in [2.24, 2.45) is 5.73 Å². The fourth-order valence-electron chi connectivity index (χ4n) is 3.49. The van der Waals surface area contributed by atoms with Gasteiger partial charge < -0.3 is 31.5 Å². The van der Waals surface area contributed by atoms with Gasteiger partial charge in [-0.3, -0.25) is 24.0 Å². The molecule has 1 aromatic rings. The normalized spacial score (nSPS) is 18.3. The molecule has 2 rings (SSSR count). The summed E-state index contributed by atoms with van der Waals surface area (Å²) in [6, 6.07) is 4.47. The predicted octanol–water partition coefficient (Wildman–Crippen LogP) is -0.904. The van der Waals surface area contributed by atoms with E-state index in [9.17, 15) is 24.0 Å². The largest absolute Gasteiger partial charge is 0.481 e. The lowest BCUT2D eigenvalue weighted by Gasteiger charge is -2.28. The average molecular weight is 448 g/mol. The van der Waals surface area contributed by atoms with Gasteiger partial charge in [0.15, 0.2) is 0 Å². The molecule has 4 unspecified atom stereocenters. The minimum atomic E-state index is -1.28. The summed E-state index contributed by atoms with van der Waals surface area (Å²) in [5.41, 5.74) is 6.42. The van der Waals surface area contributed by atoms with Crippen LogP contribution in [0.4, 0.5) is 0 Å². The van der Waals surface area contributed by atoms with Crippen molar-refractivity contribution in [2.45, 2.75) is 56.8 Å². The Balaban J connectivity index is 2.15. The summed E-state index contributed by atoms with van der Waals surface area (Å²) in [4.78, 5) is 61.4. The number of rotatable bonds is 10. The number of carboxylic acids is 2. The number of hydrogen-bond donors (Lipinski definition) is 5. The van der Waals surface area contributed by atoms with Gasteiger partial charge in [0, 0.05) is 13.0 Å². The Bertz CT molecular complexity index is 861. The third-order valence-electron chi connectivity index (χ3n) is 5.20. The molecule has 1 aliphatic rings. The van der Waals surface area contributed by atoms with Gasteiger partial charge >= 0.3 is 11.9 Å². The zero-order chi connectivity index (χ0) is 23.8. The number of carboxylic acid groups (broad SMARTS) is 2. The molecule has 1 heterocycles. The van der Waals surface area contributed by atoms with Gasteiger partial charge in [-0.15, -0.1) is 0 Å². The minimum Gasteiger partial charge on any atom is -0.481 e. The van der Waals surface area contributed by atoms with E-state index in [0.29, 0.717) is 12.8 Å². The van der Waals surface area contributed by atoms with Crippen molar-refractivity contribution in [3.05, 3.63) is 35.9 Å². The Morgan fingerprint density at radius 2 is 1.78 bits per heavy atom. The van der Waals surface area contributed by atoms with Crippen molar-refractivity contribution in [1.29, 1.82) is 0 Å². The number of aliphatic carboxylic acids is 2. The molecule has 1 aromatic carbocycles. The van der Waals surface area contributed by atoms with Crippen molar-refractivity contribution in [1.82, 2.24) is 15.5 Å². The van der Waals surface area contributed by atoms with E-state index in [1.807, 2.05) is 0 Å². The highest BCUT2D eigenvalue weighted by molar-refractivity contribution is 5.95. The smallest absolute Gasteiger partial charge is 0.325 e. The fraction of sp³-hybridized carbons (Fsp3) is 0.476. The molecule has 3 amide bonds. The van der Waals surface area contributed by atoms with Crippen LogP contribution in [0, 0.1) is 0 Å². The van der Waals surface area contributed by atoms with Crippen molar-refractivity contribution >= 4 is 29.7 Å². The molecule has 6 N–H and O–H groups in total. The standard InChI is InChI=1S/C21H28N4O7/c1-12(21(31)32)23-18(28)15(10-13-6-3-2-4-7-13)24-19(29)16-8-5-9-25(16)20(30)14(22)11-17(26)27/h2-4,6-7,12,14-16H,5,8-11,22H2,1H3,(H,23,28)(H,24,29)(H,26,27)(H,31,32). The van der Waals surface area contributed by atoms with Gasteiger partial charge in [-0.25, -0.2) is 0 Å². The first-order chi connectivity index (χ1) is 15.1. The summed E-state index contributed by atoms with van der Waals surface area (Å²) in [6.45, 7) is 1.55. The maximum Gasteiger partial charge on any atom is 0.325 e. The molecule has 0 saturated carbocycles. The number of benzene rings is 1. The maximum absolute atomic E-state index is 13.0. The van der Waals surface area contributed by atoms with Crippen molar-refractivity contribution in [3.63, 3.8) is 0 Å². The third kappa shape index (κ3) is 6.77. The highest BCUT2D eigenvalue weighted by Gasteiger charge is 2.38. The van der Waals surface area contributed by atoms with Crippen LogP contribution in [0.5, 0.6) is 0 Å². The molecule has 174 valence electrons. The number of nitrogens with zero attached hydrogens (tertiary/aromatic N) is 1. The molecule has 1 aliphatic heterocycles. The Kier molecular flexibility index (Phi) is 8.71. The zero-order valence-corrected chi connectivity index (χ0v) is 17.7. The second-order valence-electron chi connectivity index (χ2n) is 7.71. The molecule has 1 fully saturated rings. The monoisotopic (exact) mass is 448 g/mol. The SMILES string of the molecule is CC(NC(=O)C(Cc1ccccc1)NC(=O)C1CCCN1C(=O)C(N)CC(=O)O)C(=O)O. The fourth-order valence-corrected chi connectivity index (χ4v) is 3.49. The minimum absolute atomic E-state index is 0.115. The molecule has 4 atom stereocenters. The molecular weight excluding hydrogens is 420 g/mol. The number of nitrogens with two attached hydrogens (primary N) is 1. The zero-order valence-electron chi connectivity index (χ0n) is 17.7. The first-order valence-corrected chi connectivity index (χ1v) is 10.3. The van der Waals surface area contributed by atoms with E-state index in [2.05, 4.69) is 10.6 Å². The van der Waals surface area contributed by atoms with Crippen molar-refractivity contribution in [2.75, 3.05) is 6.54 Å². The number of nitrogens with one attached hydrogen (secondary N) is 2. The summed E-state index contributed by atoms with van der Waals surface area (Å²) in [6.07, 6.45) is 0.414. The second kappa shape index (κ2) is 11.2. The van der Waals surface area contributed by atoms with Crippen LogP contribution < -0.4 is 16.4 Å². The molecule has 0 bridgehead atoms. The summed E-state index contributed by atoms with van der Waals surface area (Å²) >= 11 is 0. The lowest BCUT2D eigenvalue weighted by atomic mass is 10.0. The molecular formula is C21H28N4O7. The van der Waals surface area contributed by atoms with Crippen LogP contribution in [0.3, 0.4) is 0 Å². The van der Waals surface area contributed by atoms with Crippen LogP contribution in [-0.2, 0) is 30.4 Å². The lowest BCUT2D eigenvalue weighted by Crippen LogP contribution is -2.57. The summed E-state index contributed by atoms with van der Waals surface area (Å²) < 4.78 is 0. The second-order valence-corrected chi connectivity index (χ2v) is 7.71. The van der Waals surface area contributed by atoms with Crippen LogP contribution in [0.1, 0.15) is 31.7 Å². The number of carbonyl (C=O) groups excluding carboxylic acids is 3. The summed E-state index contributed by atoms with van der Waals surface area (Å²) in [5, 5.41) is 22.9. The molecule has 0 aliphatic carbocycles. The number of amides is 3. The van der Waals surface area contributed by atoms with Crippen LogP contribution in [0.15, 0.2) is 30.3 Å². The van der Waals surface area contributed by atoms with Crippen LogP contribution in [0.25, 0.3) is 0 Å². The lowest BCUT2D eigenvalue weighted by molar-refractivity contribution is -0.144. The Labute approximate surface area is 184 Å². The van der Waals surface area contributed by atoms with Crippen molar-refractivity contribution < 1.29 is 34.2 Å². The molecule has 1 saturated heterocycles. The van der Waals surface area contributed by atoms with Crippen molar-refractivity contribution in [3.8, 4) is 0 Å². The van der Waals surface area contributed by atoms with Gasteiger partial charge in [-0.2, -0.15) is 0 Å². The maximum atomic E-state index is 13.0. The van der Waals surface area contributed by atoms with E-state index >= 15 is 0 Å². The van der Waals surface area contributed by atoms with Gasteiger partial charge in [0.05, 0.1) is 12.5 Å². The van der Waals surface area contributed by atoms with Crippen LogP contribution in [0.2, 0.25) is 0 Å². The highest BCUT2D eigenvalue weighted by Crippen LogP contribution is 2.19. The van der Waals surface area contributed by atoms with E-state index in [0.717, 1.165) is 5.56 Å².